The average molecular weight is 358 g/mol. The van der Waals surface area contributed by atoms with Crippen LogP contribution in [0.2, 0.25) is 10.0 Å². The molecule has 1 fully saturated rings. The van der Waals surface area contributed by atoms with E-state index >= 15 is 0 Å². The second-order valence-electron chi connectivity index (χ2n) is 5.25. The fourth-order valence-electron chi connectivity index (χ4n) is 2.39. The zero-order valence-electron chi connectivity index (χ0n) is 12.7. The molecular weight excluding hydrogens is 341 g/mol. The summed E-state index contributed by atoms with van der Waals surface area (Å²) in [5, 5.41) is 0.789. The number of halogens is 2. The molecule has 0 spiro atoms. The minimum absolute atomic E-state index is 0.0902. The van der Waals surface area contributed by atoms with Gasteiger partial charge in [-0.05, 0) is 18.2 Å². The first-order chi connectivity index (χ1) is 10.9. The highest BCUT2D eigenvalue weighted by Gasteiger charge is 2.24. The Morgan fingerprint density at radius 2 is 1.70 bits per heavy atom. The number of nitrogens with zero attached hydrogens (tertiary/aromatic N) is 3. The van der Waals surface area contributed by atoms with E-state index < -0.39 is 0 Å². The van der Waals surface area contributed by atoms with Crippen LogP contribution in [-0.2, 0) is 14.4 Å². The van der Waals surface area contributed by atoms with Gasteiger partial charge in [-0.15, -0.1) is 0 Å². The van der Waals surface area contributed by atoms with Crippen LogP contribution < -0.4 is 4.90 Å². The average Bonchev–Trinajstić information content (AvgIpc) is 2.51. The quantitative estimate of drug-likeness (QED) is 0.769. The standard InChI is InChI=1S/C15H17Cl2N3O3/c1-11(22)20(14-7-12(16)6-13(17)8-14)9-15(23)19-4-2-18(10-21)3-5-19/h6-8,10H,2-5,9H2,1H3. The molecule has 1 aliphatic heterocycles. The second-order valence-corrected chi connectivity index (χ2v) is 6.13. The van der Waals surface area contributed by atoms with Crippen molar-refractivity contribution in [3.63, 3.8) is 0 Å². The first kappa shape index (κ1) is 17.6. The molecule has 0 aromatic heterocycles. The van der Waals surface area contributed by atoms with E-state index in [1.165, 1.54) is 11.8 Å². The SMILES string of the molecule is CC(=O)N(CC(=O)N1CCN(C=O)CC1)c1cc(Cl)cc(Cl)c1. The molecule has 0 unspecified atom stereocenters. The molecular formula is C15H17Cl2N3O3. The lowest BCUT2D eigenvalue weighted by atomic mass is 10.2. The van der Waals surface area contributed by atoms with E-state index in [4.69, 9.17) is 23.2 Å². The maximum absolute atomic E-state index is 12.4. The topological polar surface area (TPSA) is 60.9 Å². The number of hydrogen-bond donors (Lipinski definition) is 0. The molecule has 1 saturated heterocycles. The van der Waals surface area contributed by atoms with Crippen LogP contribution in [-0.4, -0.2) is 60.7 Å². The van der Waals surface area contributed by atoms with Crippen molar-refractivity contribution in [2.75, 3.05) is 37.6 Å². The van der Waals surface area contributed by atoms with Gasteiger partial charge in [-0.1, -0.05) is 23.2 Å². The summed E-state index contributed by atoms with van der Waals surface area (Å²) in [6, 6.07) is 4.74. The van der Waals surface area contributed by atoms with Crippen molar-refractivity contribution in [2.45, 2.75) is 6.92 Å². The summed E-state index contributed by atoms with van der Waals surface area (Å²) in [4.78, 5) is 39.6. The molecule has 1 aromatic rings. The summed E-state index contributed by atoms with van der Waals surface area (Å²) in [6.45, 7) is 3.20. The minimum Gasteiger partial charge on any atom is -0.342 e. The van der Waals surface area contributed by atoms with Crippen molar-refractivity contribution >= 4 is 47.1 Å². The van der Waals surface area contributed by atoms with Crippen molar-refractivity contribution in [3.05, 3.63) is 28.2 Å². The number of rotatable bonds is 4. The molecule has 1 heterocycles. The highest BCUT2D eigenvalue weighted by molar-refractivity contribution is 6.35. The van der Waals surface area contributed by atoms with Crippen molar-refractivity contribution in [1.82, 2.24) is 9.80 Å². The fourth-order valence-corrected chi connectivity index (χ4v) is 2.91. The zero-order valence-corrected chi connectivity index (χ0v) is 14.2. The molecule has 0 bridgehead atoms. The molecule has 0 aliphatic carbocycles. The van der Waals surface area contributed by atoms with Gasteiger partial charge in [-0.2, -0.15) is 0 Å². The Kier molecular flexibility index (Phi) is 5.85. The van der Waals surface area contributed by atoms with Crippen LogP contribution in [0.1, 0.15) is 6.92 Å². The predicted octanol–water partition coefficient (Wildman–Crippen LogP) is 1.65. The molecule has 2 rings (SSSR count). The van der Waals surface area contributed by atoms with Crippen LogP contribution in [0.25, 0.3) is 0 Å². The van der Waals surface area contributed by atoms with Crippen LogP contribution in [0.3, 0.4) is 0 Å². The summed E-state index contributed by atoms with van der Waals surface area (Å²) in [6.07, 6.45) is 0.775. The first-order valence-electron chi connectivity index (χ1n) is 7.12. The summed E-state index contributed by atoms with van der Waals surface area (Å²) >= 11 is 11.9. The minimum atomic E-state index is -0.275. The van der Waals surface area contributed by atoms with Gasteiger partial charge in [-0.3, -0.25) is 14.4 Å². The van der Waals surface area contributed by atoms with Crippen LogP contribution in [0, 0.1) is 0 Å². The predicted molar refractivity (Wildman–Crippen MR) is 88.7 cm³/mol. The van der Waals surface area contributed by atoms with Crippen LogP contribution in [0.15, 0.2) is 18.2 Å². The third-order valence-corrected chi connectivity index (χ3v) is 4.08. The molecule has 0 N–H and O–H groups in total. The molecule has 3 amide bonds. The summed E-state index contributed by atoms with van der Waals surface area (Å²) in [5.74, 6) is -0.454. The molecule has 0 atom stereocenters. The Bertz CT molecular complexity index is 596. The lowest BCUT2D eigenvalue weighted by Crippen LogP contribution is -2.51. The van der Waals surface area contributed by atoms with Crippen molar-refractivity contribution in [3.8, 4) is 0 Å². The van der Waals surface area contributed by atoms with Crippen LogP contribution >= 0.6 is 23.2 Å². The van der Waals surface area contributed by atoms with E-state index in [1.807, 2.05) is 0 Å². The number of carbonyl (C=O) groups excluding carboxylic acids is 3. The van der Waals surface area contributed by atoms with Gasteiger partial charge in [0, 0.05) is 48.8 Å². The normalized spacial score (nSPS) is 14.6. The number of piperazine rings is 1. The Balaban J connectivity index is 2.09. The van der Waals surface area contributed by atoms with Crippen molar-refractivity contribution < 1.29 is 14.4 Å². The van der Waals surface area contributed by atoms with Crippen molar-refractivity contribution in [2.24, 2.45) is 0 Å². The first-order valence-corrected chi connectivity index (χ1v) is 7.87. The van der Waals surface area contributed by atoms with Gasteiger partial charge < -0.3 is 14.7 Å². The maximum atomic E-state index is 12.4. The van der Waals surface area contributed by atoms with E-state index in [2.05, 4.69) is 0 Å². The molecule has 8 heteroatoms. The molecule has 1 aromatic carbocycles. The second kappa shape index (κ2) is 7.66. The van der Waals surface area contributed by atoms with Gasteiger partial charge in [0.05, 0.1) is 0 Å². The molecule has 6 nitrogen and oxygen atoms in total. The fraction of sp³-hybridized carbons (Fsp3) is 0.400. The van der Waals surface area contributed by atoms with Crippen molar-refractivity contribution in [1.29, 1.82) is 0 Å². The lowest BCUT2D eigenvalue weighted by Gasteiger charge is -2.34. The third-order valence-electron chi connectivity index (χ3n) is 3.65. The Hall–Kier alpha value is -1.79. The van der Waals surface area contributed by atoms with E-state index in [0.717, 1.165) is 6.41 Å². The zero-order chi connectivity index (χ0) is 17.0. The van der Waals surface area contributed by atoms with Gasteiger partial charge in [-0.25, -0.2) is 0 Å². The maximum Gasteiger partial charge on any atom is 0.242 e. The van der Waals surface area contributed by atoms with E-state index in [-0.39, 0.29) is 18.4 Å². The van der Waals surface area contributed by atoms with E-state index in [9.17, 15) is 14.4 Å². The van der Waals surface area contributed by atoms with Crippen LogP contribution in [0.4, 0.5) is 5.69 Å². The monoisotopic (exact) mass is 357 g/mol. The third kappa shape index (κ3) is 4.59. The number of carbonyl (C=O) groups is 3. The van der Waals surface area contributed by atoms with E-state index in [1.54, 1.807) is 28.0 Å². The molecule has 1 aliphatic rings. The van der Waals surface area contributed by atoms with Crippen LogP contribution in [0.5, 0.6) is 0 Å². The van der Waals surface area contributed by atoms with Gasteiger partial charge in [0.1, 0.15) is 6.54 Å². The highest BCUT2D eigenvalue weighted by atomic mass is 35.5. The molecule has 23 heavy (non-hydrogen) atoms. The lowest BCUT2D eigenvalue weighted by molar-refractivity contribution is -0.134. The number of benzene rings is 1. The largest absolute Gasteiger partial charge is 0.342 e. The van der Waals surface area contributed by atoms with Gasteiger partial charge >= 0.3 is 0 Å². The molecule has 124 valence electrons. The number of anilines is 1. The Labute approximate surface area is 144 Å². The summed E-state index contributed by atoms with van der Waals surface area (Å²) < 4.78 is 0. The summed E-state index contributed by atoms with van der Waals surface area (Å²) in [5.41, 5.74) is 0.481. The Morgan fingerprint density at radius 3 is 2.17 bits per heavy atom. The van der Waals surface area contributed by atoms with Gasteiger partial charge in [0.15, 0.2) is 0 Å². The molecule has 0 radical (unpaired) electrons. The van der Waals surface area contributed by atoms with E-state index in [0.29, 0.717) is 41.9 Å². The molecule has 0 saturated carbocycles. The van der Waals surface area contributed by atoms with Gasteiger partial charge in [0.2, 0.25) is 18.2 Å². The number of hydrogen-bond acceptors (Lipinski definition) is 3. The highest BCUT2D eigenvalue weighted by Crippen LogP contribution is 2.25. The van der Waals surface area contributed by atoms with Gasteiger partial charge in [0.25, 0.3) is 0 Å². The summed E-state index contributed by atoms with van der Waals surface area (Å²) in [7, 11) is 0. The number of amides is 3. The Morgan fingerprint density at radius 1 is 1.13 bits per heavy atom. The smallest absolute Gasteiger partial charge is 0.242 e.